The van der Waals surface area contributed by atoms with Gasteiger partial charge in [-0.15, -0.1) is 0 Å². The van der Waals surface area contributed by atoms with Gasteiger partial charge in [0.05, 0.1) is 18.2 Å². The van der Waals surface area contributed by atoms with Crippen LogP contribution in [0.25, 0.3) is 0 Å². The number of alkyl halides is 3. The van der Waals surface area contributed by atoms with Gasteiger partial charge in [-0.2, -0.15) is 23.4 Å². The van der Waals surface area contributed by atoms with Crippen LogP contribution in [0, 0.1) is 11.3 Å². The van der Waals surface area contributed by atoms with Gasteiger partial charge < -0.3 is 15.0 Å². The van der Waals surface area contributed by atoms with Gasteiger partial charge in [0, 0.05) is 19.6 Å². The molecule has 1 aliphatic rings. The SMILES string of the molecule is C=C(C)[C@@H](C=O)N1C(=O)CN(CC#N)N(C=O)C1CN(C)Cc1cccc(C(F)(F)F)c1.CNCc1ccccc1. The van der Waals surface area contributed by atoms with E-state index in [4.69, 9.17) is 5.26 Å². The Kier molecular flexibility index (Phi) is 12.7. The number of rotatable bonds is 11. The molecular weight excluding hydrogens is 537 g/mol. The number of halogens is 3. The van der Waals surface area contributed by atoms with E-state index in [-0.39, 0.29) is 26.2 Å². The van der Waals surface area contributed by atoms with Gasteiger partial charge in [0.1, 0.15) is 25.0 Å². The second kappa shape index (κ2) is 15.7. The van der Waals surface area contributed by atoms with E-state index in [0.717, 1.165) is 23.7 Å². The van der Waals surface area contributed by atoms with Crippen LogP contribution in [0.1, 0.15) is 23.6 Å². The highest BCUT2D eigenvalue weighted by molar-refractivity contribution is 5.84. The molecule has 0 saturated carbocycles. The molecule has 12 heteroatoms. The molecule has 0 radical (unpaired) electrons. The van der Waals surface area contributed by atoms with E-state index in [2.05, 4.69) is 24.0 Å². The van der Waals surface area contributed by atoms with Crippen molar-refractivity contribution in [2.24, 2.45) is 0 Å². The minimum atomic E-state index is -4.48. The third kappa shape index (κ3) is 9.53. The normalized spacial score (nSPS) is 16.4. The predicted molar refractivity (Wildman–Crippen MR) is 147 cm³/mol. The lowest BCUT2D eigenvalue weighted by atomic mass is 10.1. The summed E-state index contributed by atoms with van der Waals surface area (Å²) < 4.78 is 39.0. The molecule has 2 aromatic rings. The number of carbonyl (C=O) groups excluding carboxylic acids is 3. The molecule has 2 amide bonds. The van der Waals surface area contributed by atoms with Gasteiger partial charge in [-0.05, 0) is 38.2 Å². The number of nitrogens with zero attached hydrogens (tertiary/aromatic N) is 5. The minimum Gasteiger partial charge on any atom is -0.316 e. The number of amides is 2. The first-order chi connectivity index (χ1) is 19.5. The standard InChI is InChI=1S/C21H24F3N5O3.C8H11N/c1-15(2)18(13-30)29-19(28(14-31)27(8-7-25)12-20(29)32)11-26(3)10-16-5-4-6-17(9-16)21(22,23)24;1-9-7-8-5-3-2-4-6-8/h4-6,9,13-14,18-19H,1,8,10-12H2,2-3H3;2-6,9H,7H2,1H3/t18-,19?;/m1./s1. The Hall–Kier alpha value is -4.05. The van der Waals surface area contributed by atoms with E-state index in [1.165, 1.54) is 27.6 Å². The Morgan fingerprint density at radius 2 is 1.85 bits per heavy atom. The maximum atomic E-state index is 13.0. The summed E-state index contributed by atoms with van der Waals surface area (Å²) in [5, 5.41) is 14.6. The minimum absolute atomic E-state index is 0.0142. The lowest BCUT2D eigenvalue weighted by Crippen LogP contribution is -2.69. The van der Waals surface area contributed by atoms with Crippen LogP contribution in [-0.2, 0) is 33.6 Å². The summed E-state index contributed by atoms with van der Waals surface area (Å²) in [6, 6.07) is 16.1. The molecular formula is C29H35F3N6O3. The van der Waals surface area contributed by atoms with Crippen LogP contribution in [0.4, 0.5) is 13.2 Å². The fraction of sp³-hybridized carbons (Fsp3) is 0.379. The zero-order valence-electron chi connectivity index (χ0n) is 23.3. The maximum absolute atomic E-state index is 13.0. The van der Waals surface area contributed by atoms with Crippen LogP contribution in [0.2, 0.25) is 0 Å². The Bertz CT molecular complexity index is 1220. The van der Waals surface area contributed by atoms with Gasteiger partial charge in [-0.25, -0.2) is 0 Å². The van der Waals surface area contributed by atoms with Crippen LogP contribution in [0.3, 0.4) is 0 Å². The highest BCUT2D eigenvalue weighted by Crippen LogP contribution is 2.30. The third-order valence-corrected chi connectivity index (χ3v) is 6.26. The zero-order valence-corrected chi connectivity index (χ0v) is 23.3. The Morgan fingerprint density at radius 3 is 2.39 bits per heavy atom. The van der Waals surface area contributed by atoms with Crippen molar-refractivity contribution < 1.29 is 27.6 Å². The van der Waals surface area contributed by atoms with E-state index in [1.807, 2.05) is 31.3 Å². The first-order valence-corrected chi connectivity index (χ1v) is 12.8. The molecule has 3 rings (SSSR count). The molecule has 1 unspecified atom stereocenters. The molecule has 9 nitrogen and oxygen atoms in total. The van der Waals surface area contributed by atoms with Crippen molar-refractivity contribution in [3.05, 3.63) is 83.4 Å². The monoisotopic (exact) mass is 572 g/mol. The van der Waals surface area contributed by atoms with Crippen LogP contribution < -0.4 is 5.32 Å². The third-order valence-electron chi connectivity index (χ3n) is 6.26. The Balaban J connectivity index is 0.000000553. The molecule has 220 valence electrons. The lowest BCUT2D eigenvalue weighted by molar-refractivity contribution is -0.184. The van der Waals surface area contributed by atoms with Crippen molar-refractivity contribution in [3.63, 3.8) is 0 Å². The van der Waals surface area contributed by atoms with E-state index >= 15 is 0 Å². The number of carbonyl (C=O) groups is 3. The van der Waals surface area contributed by atoms with Gasteiger partial charge in [0.15, 0.2) is 0 Å². The fourth-order valence-corrected chi connectivity index (χ4v) is 4.39. The van der Waals surface area contributed by atoms with Crippen LogP contribution in [0.5, 0.6) is 0 Å². The van der Waals surface area contributed by atoms with Crippen molar-refractivity contribution in [1.29, 1.82) is 5.26 Å². The zero-order chi connectivity index (χ0) is 30.6. The topological polar surface area (TPSA) is 100.0 Å². The molecule has 2 atom stereocenters. The molecule has 1 heterocycles. The van der Waals surface area contributed by atoms with Crippen molar-refractivity contribution in [3.8, 4) is 6.07 Å². The van der Waals surface area contributed by atoms with Crippen LogP contribution >= 0.6 is 0 Å². The summed E-state index contributed by atoms with van der Waals surface area (Å²) in [7, 11) is 3.57. The molecule has 1 aliphatic heterocycles. The average molecular weight is 573 g/mol. The number of nitriles is 1. The predicted octanol–water partition coefficient (Wildman–Crippen LogP) is 3.05. The van der Waals surface area contributed by atoms with Crippen molar-refractivity contribution in [2.75, 3.05) is 33.7 Å². The molecule has 1 saturated heterocycles. The summed E-state index contributed by atoms with van der Waals surface area (Å²) in [4.78, 5) is 39.3. The summed E-state index contributed by atoms with van der Waals surface area (Å²) in [6.07, 6.45) is -4.45. The summed E-state index contributed by atoms with van der Waals surface area (Å²) >= 11 is 0. The largest absolute Gasteiger partial charge is 0.416 e. The number of hydrogen-bond donors (Lipinski definition) is 1. The summed E-state index contributed by atoms with van der Waals surface area (Å²) in [5.41, 5.74) is 1.32. The smallest absolute Gasteiger partial charge is 0.316 e. The second-order valence-corrected chi connectivity index (χ2v) is 9.59. The fourth-order valence-electron chi connectivity index (χ4n) is 4.39. The van der Waals surface area contributed by atoms with E-state index in [0.29, 0.717) is 23.8 Å². The number of hydrazine groups is 1. The van der Waals surface area contributed by atoms with Gasteiger partial charge >= 0.3 is 6.18 Å². The molecule has 1 N–H and O–H groups in total. The van der Waals surface area contributed by atoms with Crippen molar-refractivity contribution in [2.45, 2.75) is 38.4 Å². The first kappa shape index (κ1) is 33.2. The van der Waals surface area contributed by atoms with E-state index in [1.54, 1.807) is 18.9 Å². The number of likely N-dealkylation sites (N-methyl/N-ethyl adjacent to an activating group) is 1. The molecule has 0 bridgehead atoms. The summed E-state index contributed by atoms with van der Waals surface area (Å²) in [6.45, 7) is 5.86. The van der Waals surface area contributed by atoms with Crippen LogP contribution in [-0.4, -0.2) is 84.4 Å². The highest BCUT2D eigenvalue weighted by Gasteiger charge is 2.42. The molecule has 0 aromatic heterocycles. The van der Waals surface area contributed by atoms with Gasteiger partial charge in [-0.1, -0.05) is 60.7 Å². The van der Waals surface area contributed by atoms with E-state index in [9.17, 15) is 27.6 Å². The quantitative estimate of drug-likeness (QED) is 0.251. The van der Waals surface area contributed by atoms with Gasteiger partial charge in [-0.3, -0.25) is 19.5 Å². The molecule has 0 aliphatic carbocycles. The highest BCUT2D eigenvalue weighted by atomic mass is 19.4. The number of benzene rings is 2. The molecule has 1 fully saturated rings. The lowest BCUT2D eigenvalue weighted by Gasteiger charge is -2.49. The first-order valence-electron chi connectivity index (χ1n) is 12.8. The average Bonchev–Trinajstić information content (AvgIpc) is 2.91. The van der Waals surface area contributed by atoms with Crippen molar-refractivity contribution >= 4 is 18.6 Å². The van der Waals surface area contributed by atoms with Crippen LogP contribution in [0.15, 0.2) is 66.7 Å². The van der Waals surface area contributed by atoms with Crippen molar-refractivity contribution in [1.82, 2.24) is 25.1 Å². The Morgan fingerprint density at radius 1 is 1.20 bits per heavy atom. The number of hydrogen-bond acceptors (Lipinski definition) is 7. The van der Waals surface area contributed by atoms with E-state index < -0.39 is 29.9 Å². The Labute approximate surface area is 238 Å². The maximum Gasteiger partial charge on any atom is 0.416 e. The summed E-state index contributed by atoms with van der Waals surface area (Å²) in [5.74, 6) is -0.476. The molecule has 41 heavy (non-hydrogen) atoms. The molecule has 2 aromatic carbocycles. The number of aldehydes is 1. The second-order valence-electron chi connectivity index (χ2n) is 9.59. The van der Waals surface area contributed by atoms with Gasteiger partial charge in [0.25, 0.3) is 0 Å². The number of nitrogens with one attached hydrogen (secondary N) is 1. The van der Waals surface area contributed by atoms with Gasteiger partial charge in [0.2, 0.25) is 12.3 Å². The molecule has 0 spiro atoms.